The second-order valence-electron chi connectivity index (χ2n) is 14.0. The lowest BCUT2D eigenvalue weighted by atomic mass is 9.79. The van der Waals surface area contributed by atoms with Crippen molar-refractivity contribution < 1.29 is 18.6 Å². The number of benzene rings is 4. The number of thiophene rings is 1. The van der Waals surface area contributed by atoms with Gasteiger partial charge in [0.1, 0.15) is 0 Å². The van der Waals surface area contributed by atoms with Crippen molar-refractivity contribution >= 4 is 73.7 Å². The molecule has 224 valence electrons. The van der Waals surface area contributed by atoms with Crippen LogP contribution in [0.3, 0.4) is 0 Å². The summed E-state index contributed by atoms with van der Waals surface area (Å²) in [6.45, 7) is 16.7. The molecule has 0 amide bonds. The number of rotatable bonds is 5. The van der Waals surface area contributed by atoms with E-state index in [1.54, 1.807) is 0 Å². The van der Waals surface area contributed by atoms with E-state index >= 15 is 0 Å². The van der Waals surface area contributed by atoms with Gasteiger partial charge < -0.3 is 23.5 Å². The zero-order valence-corrected chi connectivity index (χ0v) is 27.6. The summed E-state index contributed by atoms with van der Waals surface area (Å²) in [6.07, 6.45) is 0. The minimum absolute atomic E-state index is 0.389. The molecular formula is C36H39B2NO4S. The van der Waals surface area contributed by atoms with Gasteiger partial charge in [0.25, 0.3) is 0 Å². The van der Waals surface area contributed by atoms with E-state index in [-0.39, 0.29) is 22.4 Å². The van der Waals surface area contributed by atoms with E-state index < -0.39 is 14.2 Å². The highest BCUT2D eigenvalue weighted by molar-refractivity contribution is 7.25. The van der Waals surface area contributed by atoms with Crippen molar-refractivity contribution in [2.45, 2.75) is 77.8 Å². The summed E-state index contributed by atoms with van der Waals surface area (Å²) in [6, 6.07) is 32.4. The third-order valence-electron chi connectivity index (χ3n) is 9.97. The van der Waals surface area contributed by atoms with E-state index in [1.165, 1.54) is 20.2 Å². The normalized spacial score (nSPS) is 20.1. The van der Waals surface area contributed by atoms with Crippen molar-refractivity contribution in [3.05, 3.63) is 91.0 Å². The Labute approximate surface area is 265 Å². The van der Waals surface area contributed by atoms with Crippen LogP contribution in [-0.4, -0.2) is 36.6 Å². The van der Waals surface area contributed by atoms with Crippen molar-refractivity contribution in [1.29, 1.82) is 0 Å². The van der Waals surface area contributed by atoms with Gasteiger partial charge in [-0.05, 0) is 115 Å². The molecule has 2 aliphatic rings. The van der Waals surface area contributed by atoms with E-state index in [2.05, 4.69) is 151 Å². The van der Waals surface area contributed by atoms with Crippen LogP contribution in [0.1, 0.15) is 55.4 Å². The van der Waals surface area contributed by atoms with Crippen LogP contribution in [0.5, 0.6) is 0 Å². The van der Waals surface area contributed by atoms with Gasteiger partial charge in [-0.3, -0.25) is 0 Å². The van der Waals surface area contributed by atoms with E-state index in [4.69, 9.17) is 18.6 Å². The van der Waals surface area contributed by atoms with Gasteiger partial charge in [0.2, 0.25) is 0 Å². The Morgan fingerprint density at radius 1 is 0.477 bits per heavy atom. The van der Waals surface area contributed by atoms with E-state index in [1.807, 2.05) is 11.3 Å². The molecule has 0 radical (unpaired) electrons. The summed E-state index contributed by atoms with van der Waals surface area (Å²) in [5.74, 6) is 0. The second-order valence-corrected chi connectivity index (χ2v) is 15.1. The largest absolute Gasteiger partial charge is 0.494 e. The molecule has 0 spiro atoms. The first-order chi connectivity index (χ1) is 20.7. The van der Waals surface area contributed by atoms with Gasteiger partial charge in [0.15, 0.2) is 0 Å². The quantitative estimate of drug-likeness (QED) is 0.190. The molecule has 2 aliphatic heterocycles. The summed E-state index contributed by atoms with van der Waals surface area (Å²) < 4.78 is 27.9. The predicted octanol–water partition coefficient (Wildman–Crippen LogP) is 8.12. The Kier molecular flexibility index (Phi) is 6.85. The van der Waals surface area contributed by atoms with Gasteiger partial charge in [-0.15, -0.1) is 11.3 Å². The molecule has 0 saturated carbocycles. The Morgan fingerprint density at radius 3 is 1.36 bits per heavy atom. The number of anilines is 3. The van der Waals surface area contributed by atoms with Crippen LogP contribution in [0, 0.1) is 0 Å². The van der Waals surface area contributed by atoms with Gasteiger partial charge in [-0.1, -0.05) is 42.5 Å². The molecule has 0 N–H and O–H groups in total. The van der Waals surface area contributed by atoms with Crippen LogP contribution in [-0.2, 0) is 18.6 Å². The Balaban J connectivity index is 1.27. The van der Waals surface area contributed by atoms with Crippen LogP contribution < -0.4 is 15.8 Å². The Hall–Kier alpha value is -3.13. The first-order valence-electron chi connectivity index (χ1n) is 15.4. The number of hydrogen-bond acceptors (Lipinski definition) is 6. The maximum atomic E-state index is 6.33. The summed E-state index contributed by atoms with van der Waals surface area (Å²) in [5, 5.41) is 2.54. The highest BCUT2D eigenvalue weighted by atomic mass is 32.1. The highest BCUT2D eigenvalue weighted by Crippen LogP contribution is 2.41. The average molecular weight is 603 g/mol. The fourth-order valence-corrected chi connectivity index (χ4v) is 6.91. The molecule has 3 heterocycles. The molecule has 2 saturated heterocycles. The van der Waals surface area contributed by atoms with Crippen LogP contribution >= 0.6 is 11.3 Å². The summed E-state index contributed by atoms with van der Waals surface area (Å²) in [5.41, 5.74) is 3.64. The van der Waals surface area contributed by atoms with Crippen LogP contribution in [0.4, 0.5) is 17.1 Å². The van der Waals surface area contributed by atoms with Crippen molar-refractivity contribution in [3.8, 4) is 0 Å². The standard InChI is InChI=1S/C36H39B2NO4S/c1-33(2)34(3,4)41-37(40-33)24-13-17-26(18-14-24)39(28-21-22-32-30(23-28)29-11-9-10-12-31(29)44-32)27-19-15-25(16-20-27)38-42-35(5,6)36(7,8)43-38/h9-23H,1-8H3. The predicted molar refractivity (Wildman–Crippen MR) is 185 cm³/mol. The number of hydrogen-bond donors (Lipinski definition) is 0. The van der Waals surface area contributed by atoms with Gasteiger partial charge in [0.05, 0.1) is 22.4 Å². The molecule has 2 fully saturated rings. The zero-order chi connectivity index (χ0) is 31.1. The fourth-order valence-electron chi connectivity index (χ4n) is 5.82. The summed E-state index contributed by atoms with van der Waals surface area (Å²) in [7, 11) is -0.814. The Bertz CT molecular complexity index is 1730. The van der Waals surface area contributed by atoms with E-state index in [9.17, 15) is 0 Å². The lowest BCUT2D eigenvalue weighted by molar-refractivity contribution is 0.00578. The summed E-state index contributed by atoms with van der Waals surface area (Å²) >= 11 is 1.83. The molecule has 0 atom stereocenters. The third kappa shape index (κ3) is 4.88. The average Bonchev–Trinajstić information content (AvgIpc) is 3.53. The van der Waals surface area contributed by atoms with Crippen molar-refractivity contribution in [2.75, 3.05) is 4.90 Å². The van der Waals surface area contributed by atoms with E-state index in [0.29, 0.717) is 0 Å². The lowest BCUT2D eigenvalue weighted by Gasteiger charge is -2.32. The second kappa shape index (κ2) is 10.2. The summed E-state index contributed by atoms with van der Waals surface area (Å²) in [4.78, 5) is 2.30. The molecule has 0 unspecified atom stereocenters. The number of nitrogens with zero attached hydrogens (tertiary/aromatic N) is 1. The topological polar surface area (TPSA) is 40.2 Å². The van der Waals surface area contributed by atoms with Crippen LogP contribution in [0.15, 0.2) is 91.0 Å². The maximum Gasteiger partial charge on any atom is 0.494 e. The van der Waals surface area contributed by atoms with Gasteiger partial charge in [0, 0.05) is 37.2 Å². The molecule has 5 nitrogen and oxygen atoms in total. The van der Waals surface area contributed by atoms with Crippen LogP contribution in [0.25, 0.3) is 20.2 Å². The first-order valence-corrected chi connectivity index (χ1v) is 16.2. The van der Waals surface area contributed by atoms with Gasteiger partial charge in [-0.2, -0.15) is 0 Å². The molecule has 0 bridgehead atoms. The molecule has 1 aromatic heterocycles. The molecule has 7 rings (SSSR count). The van der Waals surface area contributed by atoms with Gasteiger partial charge >= 0.3 is 14.2 Å². The minimum Gasteiger partial charge on any atom is -0.399 e. The molecular weight excluding hydrogens is 564 g/mol. The number of fused-ring (bicyclic) bond motifs is 3. The molecule has 44 heavy (non-hydrogen) atoms. The highest BCUT2D eigenvalue weighted by Gasteiger charge is 2.52. The zero-order valence-electron chi connectivity index (χ0n) is 26.8. The van der Waals surface area contributed by atoms with Crippen molar-refractivity contribution in [1.82, 2.24) is 0 Å². The molecule has 4 aromatic carbocycles. The molecule has 0 aliphatic carbocycles. The van der Waals surface area contributed by atoms with Crippen molar-refractivity contribution in [3.63, 3.8) is 0 Å². The fraction of sp³-hybridized carbons (Fsp3) is 0.333. The minimum atomic E-state index is -0.407. The molecule has 8 heteroatoms. The van der Waals surface area contributed by atoms with Gasteiger partial charge in [-0.25, -0.2) is 0 Å². The lowest BCUT2D eigenvalue weighted by Crippen LogP contribution is -2.41. The smallest absolute Gasteiger partial charge is 0.399 e. The first kappa shape index (κ1) is 29.6. The Morgan fingerprint density at radius 2 is 0.886 bits per heavy atom. The SMILES string of the molecule is CC1(C)OB(c2ccc(N(c3ccc(B4OC(C)(C)C(C)(C)O4)cc3)c3ccc4sc5ccccc5c4c3)cc2)OC1(C)C. The van der Waals surface area contributed by atoms with Crippen molar-refractivity contribution in [2.24, 2.45) is 0 Å². The monoisotopic (exact) mass is 603 g/mol. The maximum absolute atomic E-state index is 6.33. The van der Waals surface area contributed by atoms with Crippen LogP contribution in [0.2, 0.25) is 0 Å². The van der Waals surface area contributed by atoms with E-state index in [0.717, 1.165) is 28.0 Å². The molecule has 5 aromatic rings. The third-order valence-corrected chi connectivity index (χ3v) is 11.1.